The highest BCUT2D eigenvalue weighted by Crippen LogP contribution is 2.18. The Morgan fingerprint density at radius 2 is 2.00 bits per heavy atom. The number of hydrogen-bond donors (Lipinski definition) is 2. The number of likely N-dealkylation sites (tertiary alicyclic amines) is 1. The molecule has 1 heterocycles. The molecule has 1 unspecified atom stereocenters. The lowest BCUT2D eigenvalue weighted by atomic mass is 10.1. The van der Waals surface area contributed by atoms with Crippen LogP contribution in [0.3, 0.4) is 0 Å². The number of carbonyl (C=O) groups is 2. The Hall–Kier alpha value is -1.26. The molecule has 5 heteroatoms. The standard InChI is InChI=1S/C10H18N2O3/c1-10(2,3)11-8(13)7-5-4-6-12(7)9(14)15/h7H,4-6H2,1-3H3,(H,11,13)(H,14,15). The lowest BCUT2D eigenvalue weighted by Crippen LogP contribution is -2.51. The smallest absolute Gasteiger partial charge is 0.407 e. The van der Waals surface area contributed by atoms with Crippen LogP contribution in [0.1, 0.15) is 33.6 Å². The van der Waals surface area contributed by atoms with Gasteiger partial charge >= 0.3 is 6.09 Å². The maximum atomic E-state index is 11.8. The van der Waals surface area contributed by atoms with Crippen LogP contribution in [0.4, 0.5) is 4.79 Å². The fourth-order valence-corrected chi connectivity index (χ4v) is 1.72. The van der Waals surface area contributed by atoms with Crippen molar-refractivity contribution in [2.45, 2.75) is 45.2 Å². The number of nitrogens with one attached hydrogen (secondary N) is 1. The van der Waals surface area contributed by atoms with E-state index in [2.05, 4.69) is 5.32 Å². The average Bonchev–Trinajstić information content (AvgIpc) is 2.47. The Balaban J connectivity index is 2.63. The van der Waals surface area contributed by atoms with Gasteiger partial charge in [-0.2, -0.15) is 0 Å². The van der Waals surface area contributed by atoms with Crippen LogP contribution in [-0.4, -0.2) is 40.1 Å². The molecule has 1 aliphatic heterocycles. The molecule has 15 heavy (non-hydrogen) atoms. The van der Waals surface area contributed by atoms with E-state index in [0.717, 1.165) is 6.42 Å². The Bertz CT molecular complexity index is 270. The highest BCUT2D eigenvalue weighted by molar-refractivity contribution is 5.86. The van der Waals surface area contributed by atoms with Crippen molar-refractivity contribution in [1.82, 2.24) is 10.2 Å². The summed E-state index contributed by atoms with van der Waals surface area (Å²) < 4.78 is 0. The van der Waals surface area contributed by atoms with Gasteiger partial charge in [-0.15, -0.1) is 0 Å². The molecule has 0 aromatic rings. The van der Waals surface area contributed by atoms with Crippen LogP contribution in [0.2, 0.25) is 0 Å². The van der Waals surface area contributed by atoms with E-state index in [1.54, 1.807) is 0 Å². The largest absolute Gasteiger partial charge is 0.465 e. The van der Waals surface area contributed by atoms with Crippen molar-refractivity contribution in [1.29, 1.82) is 0 Å². The molecule has 0 radical (unpaired) electrons. The fourth-order valence-electron chi connectivity index (χ4n) is 1.72. The minimum atomic E-state index is -1.01. The third-order valence-corrected chi connectivity index (χ3v) is 2.30. The second-order valence-electron chi connectivity index (χ2n) is 4.87. The van der Waals surface area contributed by atoms with Gasteiger partial charge in [-0.25, -0.2) is 4.79 Å². The van der Waals surface area contributed by atoms with Crippen molar-refractivity contribution in [2.24, 2.45) is 0 Å². The molecule has 86 valence electrons. The molecule has 5 nitrogen and oxygen atoms in total. The predicted molar refractivity (Wildman–Crippen MR) is 55.6 cm³/mol. The molecule has 0 aromatic carbocycles. The first kappa shape index (κ1) is 11.8. The summed E-state index contributed by atoms with van der Waals surface area (Å²) in [6.07, 6.45) is 0.365. The maximum absolute atomic E-state index is 11.8. The molecule has 0 aliphatic carbocycles. The molecule has 1 saturated heterocycles. The fraction of sp³-hybridized carbons (Fsp3) is 0.800. The molecule has 1 fully saturated rings. The molecular weight excluding hydrogens is 196 g/mol. The van der Waals surface area contributed by atoms with Crippen molar-refractivity contribution in [2.75, 3.05) is 6.54 Å². The lowest BCUT2D eigenvalue weighted by molar-refractivity contribution is -0.126. The van der Waals surface area contributed by atoms with E-state index in [1.165, 1.54) is 4.90 Å². The first-order valence-electron chi connectivity index (χ1n) is 5.13. The zero-order chi connectivity index (χ0) is 11.6. The van der Waals surface area contributed by atoms with Gasteiger partial charge in [0.05, 0.1) is 0 Å². The molecule has 0 aromatic heterocycles. The minimum Gasteiger partial charge on any atom is -0.465 e. The Labute approximate surface area is 89.4 Å². The van der Waals surface area contributed by atoms with Crippen molar-refractivity contribution in [3.8, 4) is 0 Å². The highest BCUT2D eigenvalue weighted by Gasteiger charge is 2.35. The predicted octanol–water partition coefficient (Wildman–Crippen LogP) is 1.04. The van der Waals surface area contributed by atoms with Gasteiger partial charge in [0.15, 0.2) is 0 Å². The summed E-state index contributed by atoms with van der Waals surface area (Å²) in [5, 5.41) is 11.7. The van der Waals surface area contributed by atoms with Crippen molar-refractivity contribution in [3.05, 3.63) is 0 Å². The van der Waals surface area contributed by atoms with E-state index in [0.29, 0.717) is 13.0 Å². The molecule has 1 aliphatic rings. The van der Waals surface area contributed by atoms with E-state index in [9.17, 15) is 9.59 Å². The third-order valence-electron chi connectivity index (χ3n) is 2.30. The Morgan fingerprint density at radius 3 is 2.47 bits per heavy atom. The van der Waals surface area contributed by atoms with Crippen molar-refractivity contribution < 1.29 is 14.7 Å². The van der Waals surface area contributed by atoms with E-state index in [4.69, 9.17) is 5.11 Å². The summed E-state index contributed by atoms with van der Waals surface area (Å²) in [5.41, 5.74) is -0.316. The summed E-state index contributed by atoms with van der Waals surface area (Å²) in [6.45, 7) is 6.10. The van der Waals surface area contributed by atoms with E-state index in [1.807, 2.05) is 20.8 Å². The molecule has 2 N–H and O–H groups in total. The lowest BCUT2D eigenvalue weighted by Gasteiger charge is -2.26. The number of hydrogen-bond acceptors (Lipinski definition) is 2. The second kappa shape index (κ2) is 4.08. The van der Waals surface area contributed by atoms with Gasteiger partial charge in [0, 0.05) is 12.1 Å². The first-order chi connectivity index (χ1) is 6.81. The first-order valence-corrected chi connectivity index (χ1v) is 5.13. The maximum Gasteiger partial charge on any atom is 0.407 e. The van der Waals surface area contributed by atoms with E-state index >= 15 is 0 Å². The monoisotopic (exact) mass is 214 g/mol. The number of carbonyl (C=O) groups excluding carboxylic acids is 1. The Morgan fingerprint density at radius 1 is 1.40 bits per heavy atom. The van der Waals surface area contributed by atoms with Gasteiger partial charge in [-0.05, 0) is 33.6 Å². The van der Waals surface area contributed by atoms with Gasteiger partial charge in [0.1, 0.15) is 6.04 Å². The van der Waals surface area contributed by atoms with Crippen LogP contribution in [0.15, 0.2) is 0 Å². The third kappa shape index (κ3) is 3.11. The SMILES string of the molecule is CC(C)(C)NC(=O)C1CCCN1C(=O)O. The quantitative estimate of drug-likeness (QED) is 0.685. The van der Waals surface area contributed by atoms with Gasteiger partial charge in [0.2, 0.25) is 5.91 Å². The zero-order valence-corrected chi connectivity index (χ0v) is 9.41. The molecule has 1 atom stereocenters. The van der Waals surface area contributed by atoms with E-state index in [-0.39, 0.29) is 11.4 Å². The van der Waals surface area contributed by atoms with Crippen LogP contribution in [0.25, 0.3) is 0 Å². The second-order valence-corrected chi connectivity index (χ2v) is 4.87. The summed E-state index contributed by atoms with van der Waals surface area (Å²) in [7, 11) is 0. The van der Waals surface area contributed by atoms with Crippen LogP contribution in [0, 0.1) is 0 Å². The molecule has 1 rings (SSSR count). The van der Waals surface area contributed by atoms with Crippen LogP contribution in [0.5, 0.6) is 0 Å². The van der Waals surface area contributed by atoms with Gasteiger partial charge in [-0.3, -0.25) is 9.69 Å². The summed E-state index contributed by atoms with van der Waals surface area (Å²) >= 11 is 0. The molecule has 0 saturated carbocycles. The molecule has 0 bridgehead atoms. The van der Waals surface area contributed by atoms with Gasteiger partial charge in [0.25, 0.3) is 0 Å². The Kier molecular flexibility index (Phi) is 3.21. The number of carboxylic acid groups (broad SMARTS) is 1. The van der Waals surface area contributed by atoms with E-state index < -0.39 is 12.1 Å². The highest BCUT2D eigenvalue weighted by atomic mass is 16.4. The number of rotatable bonds is 1. The zero-order valence-electron chi connectivity index (χ0n) is 9.41. The van der Waals surface area contributed by atoms with Crippen molar-refractivity contribution >= 4 is 12.0 Å². The molecule has 0 spiro atoms. The van der Waals surface area contributed by atoms with Crippen LogP contribution in [-0.2, 0) is 4.79 Å². The van der Waals surface area contributed by atoms with Crippen LogP contribution >= 0.6 is 0 Å². The molecule has 2 amide bonds. The minimum absolute atomic E-state index is 0.192. The average molecular weight is 214 g/mol. The van der Waals surface area contributed by atoms with Gasteiger partial charge < -0.3 is 10.4 Å². The van der Waals surface area contributed by atoms with Gasteiger partial charge in [-0.1, -0.05) is 0 Å². The number of amides is 2. The topological polar surface area (TPSA) is 69.6 Å². The normalized spacial score (nSPS) is 21.5. The summed E-state index contributed by atoms with van der Waals surface area (Å²) in [4.78, 5) is 23.8. The molecular formula is C10H18N2O3. The van der Waals surface area contributed by atoms with Crippen LogP contribution < -0.4 is 5.32 Å². The summed E-state index contributed by atoms with van der Waals surface area (Å²) in [6, 6.07) is -0.512. The van der Waals surface area contributed by atoms with Crippen molar-refractivity contribution in [3.63, 3.8) is 0 Å². The number of nitrogens with zero attached hydrogens (tertiary/aromatic N) is 1. The summed E-state index contributed by atoms with van der Waals surface area (Å²) in [5.74, 6) is -0.192.